The summed E-state index contributed by atoms with van der Waals surface area (Å²) < 4.78 is 1.73. The van der Waals surface area contributed by atoms with Crippen LogP contribution in [0.3, 0.4) is 0 Å². The van der Waals surface area contributed by atoms with Gasteiger partial charge < -0.3 is 10.6 Å². The molecule has 1 aromatic rings. The second kappa shape index (κ2) is 5.52. The first-order valence-corrected chi connectivity index (χ1v) is 6.27. The summed E-state index contributed by atoms with van der Waals surface area (Å²) in [4.78, 5) is 14.1. The van der Waals surface area contributed by atoms with Gasteiger partial charge in [0.15, 0.2) is 0 Å². The first kappa shape index (κ1) is 14.7. The predicted octanol–water partition coefficient (Wildman–Crippen LogP) is 1.14. The zero-order valence-electron chi connectivity index (χ0n) is 12.0. The summed E-state index contributed by atoms with van der Waals surface area (Å²) in [6, 6.07) is -0.478. The average Bonchev–Trinajstić information content (AvgIpc) is 2.68. The summed E-state index contributed by atoms with van der Waals surface area (Å²) in [6.45, 7) is 9.11. The van der Waals surface area contributed by atoms with Crippen molar-refractivity contribution in [1.29, 1.82) is 0 Å². The van der Waals surface area contributed by atoms with Crippen LogP contribution < -0.4 is 5.73 Å². The molecule has 0 spiro atoms. The van der Waals surface area contributed by atoms with E-state index in [9.17, 15) is 4.79 Å². The third-order valence-corrected chi connectivity index (χ3v) is 3.02. The molecule has 18 heavy (non-hydrogen) atoms. The molecule has 2 N–H and O–H groups in total. The lowest BCUT2D eigenvalue weighted by Gasteiger charge is -2.31. The quantitative estimate of drug-likeness (QED) is 0.874. The summed E-state index contributed by atoms with van der Waals surface area (Å²) >= 11 is 0. The van der Waals surface area contributed by atoms with Crippen molar-refractivity contribution in [3.05, 3.63) is 18.0 Å². The second-order valence-electron chi connectivity index (χ2n) is 5.72. The smallest absolute Gasteiger partial charge is 0.240 e. The monoisotopic (exact) mass is 252 g/mol. The van der Waals surface area contributed by atoms with E-state index in [0.29, 0.717) is 13.1 Å². The predicted molar refractivity (Wildman–Crippen MR) is 71.7 cm³/mol. The van der Waals surface area contributed by atoms with Gasteiger partial charge in [-0.3, -0.25) is 9.48 Å². The molecule has 5 heteroatoms. The van der Waals surface area contributed by atoms with Gasteiger partial charge in [0.2, 0.25) is 5.91 Å². The van der Waals surface area contributed by atoms with Crippen molar-refractivity contribution in [1.82, 2.24) is 14.7 Å². The van der Waals surface area contributed by atoms with Crippen LogP contribution in [0.1, 0.15) is 33.3 Å². The molecule has 1 aromatic heterocycles. The van der Waals surface area contributed by atoms with Gasteiger partial charge in [-0.25, -0.2) is 0 Å². The van der Waals surface area contributed by atoms with Crippen molar-refractivity contribution in [2.24, 2.45) is 18.2 Å². The molecule has 0 aliphatic rings. The first-order valence-electron chi connectivity index (χ1n) is 6.27. The van der Waals surface area contributed by atoms with E-state index in [2.05, 4.69) is 5.10 Å². The highest BCUT2D eigenvalue weighted by atomic mass is 16.2. The van der Waals surface area contributed by atoms with Gasteiger partial charge in [0.1, 0.15) is 0 Å². The van der Waals surface area contributed by atoms with Gasteiger partial charge in [0.25, 0.3) is 0 Å². The Bertz CT molecular complexity index is 405. The zero-order valence-corrected chi connectivity index (χ0v) is 12.0. The van der Waals surface area contributed by atoms with Gasteiger partial charge in [-0.2, -0.15) is 5.10 Å². The third kappa shape index (κ3) is 3.57. The first-order chi connectivity index (χ1) is 8.25. The van der Waals surface area contributed by atoms with Crippen LogP contribution in [0.15, 0.2) is 12.4 Å². The van der Waals surface area contributed by atoms with Crippen LogP contribution >= 0.6 is 0 Å². The van der Waals surface area contributed by atoms with E-state index in [-0.39, 0.29) is 11.3 Å². The van der Waals surface area contributed by atoms with Crippen LogP contribution in [0.5, 0.6) is 0 Å². The Kier molecular flexibility index (Phi) is 4.51. The highest BCUT2D eigenvalue weighted by Gasteiger charge is 2.30. The number of hydrogen-bond acceptors (Lipinski definition) is 3. The SMILES string of the molecule is CCN(Cc1cnn(C)c1)C(=O)[C@@H](N)C(C)(C)C. The lowest BCUT2D eigenvalue weighted by atomic mass is 9.86. The van der Waals surface area contributed by atoms with Gasteiger partial charge in [-0.1, -0.05) is 20.8 Å². The number of amides is 1. The van der Waals surface area contributed by atoms with Gasteiger partial charge in [0.05, 0.1) is 12.2 Å². The van der Waals surface area contributed by atoms with E-state index in [1.807, 2.05) is 40.9 Å². The lowest BCUT2D eigenvalue weighted by molar-refractivity contribution is -0.135. The molecule has 5 nitrogen and oxygen atoms in total. The number of carbonyl (C=O) groups is 1. The third-order valence-electron chi connectivity index (χ3n) is 3.02. The van der Waals surface area contributed by atoms with Crippen LogP contribution in [0.25, 0.3) is 0 Å². The molecule has 1 heterocycles. The Balaban J connectivity index is 2.75. The number of hydrogen-bond donors (Lipinski definition) is 1. The molecule has 0 saturated carbocycles. The molecule has 1 atom stereocenters. The number of carbonyl (C=O) groups excluding carboxylic acids is 1. The maximum atomic E-state index is 12.3. The van der Waals surface area contributed by atoms with Crippen molar-refractivity contribution < 1.29 is 4.79 Å². The van der Waals surface area contributed by atoms with Crippen LogP contribution in [0.2, 0.25) is 0 Å². The standard InChI is InChI=1S/C13H24N4O/c1-6-17(9-10-7-15-16(5)8-10)12(18)11(14)13(2,3)4/h7-8,11H,6,9,14H2,1-5H3/t11-/m1/s1. The van der Waals surface area contributed by atoms with E-state index in [4.69, 9.17) is 5.73 Å². The Morgan fingerprint density at radius 2 is 2.17 bits per heavy atom. The van der Waals surface area contributed by atoms with Crippen molar-refractivity contribution in [2.75, 3.05) is 6.54 Å². The normalized spacial score (nSPS) is 13.4. The molecule has 0 aromatic carbocycles. The summed E-state index contributed by atoms with van der Waals surface area (Å²) in [5.74, 6) is -0.00569. The number of aryl methyl sites for hydroxylation is 1. The summed E-state index contributed by atoms with van der Waals surface area (Å²) in [6.07, 6.45) is 3.69. The van der Waals surface area contributed by atoms with Crippen LogP contribution in [-0.4, -0.2) is 33.2 Å². The molecule has 0 bridgehead atoms. The Morgan fingerprint density at radius 3 is 2.56 bits per heavy atom. The maximum absolute atomic E-state index is 12.3. The minimum atomic E-state index is -0.478. The molecule has 0 radical (unpaired) electrons. The number of rotatable bonds is 4. The Morgan fingerprint density at radius 1 is 1.56 bits per heavy atom. The molecule has 1 amide bonds. The number of nitrogens with zero attached hydrogens (tertiary/aromatic N) is 3. The van der Waals surface area contributed by atoms with Crippen LogP contribution in [0, 0.1) is 5.41 Å². The summed E-state index contributed by atoms with van der Waals surface area (Å²) in [5.41, 5.74) is 6.82. The molecule has 0 aliphatic carbocycles. The van der Waals surface area contributed by atoms with E-state index < -0.39 is 6.04 Å². The molecule has 1 rings (SSSR count). The summed E-state index contributed by atoms with van der Waals surface area (Å²) in [7, 11) is 1.86. The average molecular weight is 252 g/mol. The fourth-order valence-corrected chi connectivity index (χ4v) is 1.69. The molecular weight excluding hydrogens is 228 g/mol. The fraction of sp³-hybridized carbons (Fsp3) is 0.692. The number of aromatic nitrogens is 2. The van der Waals surface area contributed by atoms with Crippen molar-refractivity contribution >= 4 is 5.91 Å². The molecule has 0 saturated heterocycles. The van der Waals surface area contributed by atoms with E-state index in [1.54, 1.807) is 15.8 Å². The zero-order chi connectivity index (χ0) is 13.9. The topological polar surface area (TPSA) is 64.2 Å². The Labute approximate surface area is 109 Å². The number of nitrogens with two attached hydrogens (primary N) is 1. The Hall–Kier alpha value is -1.36. The summed E-state index contributed by atoms with van der Waals surface area (Å²) in [5, 5.41) is 4.10. The minimum Gasteiger partial charge on any atom is -0.337 e. The molecule has 102 valence electrons. The van der Waals surface area contributed by atoms with Gasteiger partial charge in [-0.05, 0) is 12.3 Å². The highest BCUT2D eigenvalue weighted by molar-refractivity contribution is 5.82. The minimum absolute atomic E-state index is 0.00569. The largest absolute Gasteiger partial charge is 0.337 e. The van der Waals surface area contributed by atoms with Crippen LogP contribution in [-0.2, 0) is 18.4 Å². The van der Waals surface area contributed by atoms with E-state index in [1.165, 1.54) is 0 Å². The van der Waals surface area contributed by atoms with E-state index in [0.717, 1.165) is 5.56 Å². The lowest BCUT2D eigenvalue weighted by Crippen LogP contribution is -2.50. The number of likely N-dealkylation sites (N-methyl/N-ethyl adjacent to an activating group) is 1. The van der Waals surface area contributed by atoms with Crippen LogP contribution in [0.4, 0.5) is 0 Å². The van der Waals surface area contributed by atoms with E-state index >= 15 is 0 Å². The maximum Gasteiger partial charge on any atom is 0.240 e. The molecule has 0 aliphatic heterocycles. The molecular formula is C13H24N4O. The molecule has 0 unspecified atom stereocenters. The van der Waals surface area contributed by atoms with Crippen molar-refractivity contribution in [2.45, 2.75) is 40.3 Å². The van der Waals surface area contributed by atoms with Gasteiger partial charge in [-0.15, -0.1) is 0 Å². The van der Waals surface area contributed by atoms with Crippen molar-refractivity contribution in [3.8, 4) is 0 Å². The second-order valence-corrected chi connectivity index (χ2v) is 5.72. The van der Waals surface area contributed by atoms with Gasteiger partial charge >= 0.3 is 0 Å². The van der Waals surface area contributed by atoms with Crippen molar-refractivity contribution in [3.63, 3.8) is 0 Å². The fourth-order valence-electron chi connectivity index (χ4n) is 1.69. The highest BCUT2D eigenvalue weighted by Crippen LogP contribution is 2.19. The molecule has 0 fully saturated rings. The van der Waals surface area contributed by atoms with Gasteiger partial charge in [0, 0.05) is 31.9 Å².